The molecule has 7 nitrogen and oxygen atoms in total. The third kappa shape index (κ3) is 3.01. The number of nitrogens with zero attached hydrogens (tertiary/aromatic N) is 3. The fraction of sp³-hybridized carbons (Fsp3) is 0.190. The van der Waals surface area contributed by atoms with Gasteiger partial charge < -0.3 is 9.47 Å². The van der Waals surface area contributed by atoms with Gasteiger partial charge in [-0.2, -0.15) is 0 Å². The molecule has 4 rings (SSSR count). The molecule has 0 saturated carbocycles. The Balaban J connectivity index is 2.15. The van der Waals surface area contributed by atoms with Gasteiger partial charge in [-0.1, -0.05) is 12.1 Å². The number of benzene rings is 1. The molecule has 3 aromatic heterocycles. The fourth-order valence-corrected chi connectivity index (χ4v) is 4.02. The molecule has 3 heterocycles. The van der Waals surface area contributed by atoms with Gasteiger partial charge in [-0.15, -0.1) is 11.3 Å². The maximum atomic E-state index is 13.0. The molecule has 0 aliphatic carbocycles. The number of aromatic nitrogens is 3. The van der Waals surface area contributed by atoms with Gasteiger partial charge in [-0.3, -0.25) is 13.9 Å². The molecule has 1 aromatic carbocycles. The van der Waals surface area contributed by atoms with Gasteiger partial charge in [-0.05, 0) is 35.2 Å². The summed E-state index contributed by atoms with van der Waals surface area (Å²) >= 11 is 1.54. The number of thiophene rings is 1. The summed E-state index contributed by atoms with van der Waals surface area (Å²) in [6.45, 7) is 0. The summed E-state index contributed by atoms with van der Waals surface area (Å²) in [5.74, 6) is 1.14. The highest BCUT2D eigenvalue weighted by molar-refractivity contribution is 7.13. The standard InChI is InChI=1S/C21H19N3O4S/c1-23-19-18(20(25)24(2)21(23)26)13(11-14(22-19)17-6-5-9-29-17)12-7-8-15(27-3)16(10-12)28-4/h5-11H,1-4H3. The smallest absolute Gasteiger partial charge is 0.332 e. The highest BCUT2D eigenvalue weighted by Crippen LogP contribution is 2.36. The highest BCUT2D eigenvalue weighted by atomic mass is 32.1. The molecule has 0 aliphatic rings. The molecule has 0 saturated heterocycles. The van der Waals surface area contributed by atoms with Gasteiger partial charge in [0.25, 0.3) is 5.56 Å². The lowest BCUT2D eigenvalue weighted by molar-refractivity contribution is 0.355. The van der Waals surface area contributed by atoms with E-state index >= 15 is 0 Å². The Labute approximate surface area is 170 Å². The summed E-state index contributed by atoms with van der Waals surface area (Å²) in [5, 5.41) is 2.34. The third-order valence-corrected chi connectivity index (χ3v) is 5.77. The summed E-state index contributed by atoms with van der Waals surface area (Å²) in [7, 11) is 6.22. The van der Waals surface area contributed by atoms with E-state index in [9.17, 15) is 9.59 Å². The predicted molar refractivity (Wildman–Crippen MR) is 114 cm³/mol. The van der Waals surface area contributed by atoms with Crippen molar-refractivity contribution in [3.63, 3.8) is 0 Å². The molecule has 0 atom stereocenters. The van der Waals surface area contributed by atoms with Crippen LogP contribution in [0.5, 0.6) is 11.5 Å². The lowest BCUT2D eigenvalue weighted by atomic mass is 10.0. The Morgan fingerprint density at radius 2 is 1.72 bits per heavy atom. The van der Waals surface area contributed by atoms with Crippen molar-refractivity contribution in [2.45, 2.75) is 0 Å². The molecule has 0 radical (unpaired) electrons. The van der Waals surface area contributed by atoms with Crippen molar-refractivity contribution in [2.24, 2.45) is 14.1 Å². The van der Waals surface area contributed by atoms with Gasteiger partial charge in [0, 0.05) is 19.7 Å². The second-order valence-electron chi connectivity index (χ2n) is 6.51. The first-order chi connectivity index (χ1) is 14.0. The SMILES string of the molecule is COc1ccc(-c2cc(-c3cccs3)nc3c2c(=O)n(C)c(=O)n3C)cc1OC. The van der Waals surface area contributed by atoms with Crippen LogP contribution in [0.25, 0.3) is 32.7 Å². The largest absolute Gasteiger partial charge is 0.493 e. The number of fused-ring (bicyclic) bond motifs is 1. The molecule has 148 valence electrons. The lowest BCUT2D eigenvalue weighted by Gasteiger charge is -2.14. The topological polar surface area (TPSA) is 75.4 Å². The number of aryl methyl sites for hydroxylation is 1. The van der Waals surface area contributed by atoms with E-state index in [0.717, 1.165) is 15.0 Å². The van der Waals surface area contributed by atoms with E-state index in [2.05, 4.69) is 4.98 Å². The molecular weight excluding hydrogens is 390 g/mol. The molecule has 0 unspecified atom stereocenters. The zero-order valence-electron chi connectivity index (χ0n) is 16.4. The van der Waals surface area contributed by atoms with Crippen molar-refractivity contribution in [3.8, 4) is 33.2 Å². The van der Waals surface area contributed by atoms with Crippen LogP contribution in [0.1, 0.15) is 0 Å². The average Bonchev–Trinajstić information content (AvgIpc) is 3.29. The molecule has 0 aliphatic heterocycles. The van der Waals surface area contributed by atoms with Crippen LogP contribution in [0.2, 0.25) is 0 Å². The molecule has 0 spiro atoms. The van der Waals surface area contributed by atoms with Gasteiger partial charge in [0.05, 0.1) is 30.2 Å². The first-order valence-electron chi connectivity index (χ1n) is 8.83. The zero-order valence-corrected chi connectivity index (χ0v) is 17.2. The number of ether oxygens (including phenoxy) is 2. The van der Waals surface area contributed by atoms with Gasteiger partial charge >= 0.3 is 5.69 Å². The van der Waals surface area contributed by atoms with Crippen LogP contribution in [-0.2, 0) is 14.1 Å². The Hall–Kier alpha value is -3.39. The fourth-order valence-electron chi connectivity index (χ4n) is 3.34. The van der Waals surface area contributed by atoms with Crippen LogP contribution in [0.4, 0.5) is 0 Å². The zero-order chi connectivity index (χ0) is 20.7. The van der Waals surface area contributed by atoms with Crippen molar-refractivity contribution in [2.75, 3.05) is 14.2 Å². The second-order valence-corrected chi connectivity index (χ2v) is 7.45. The van der Waals surface area contributed by atoms with Crippen LogP contribution < -0.4 is 20.7 Å². The van der Waals surface area contributed by atoms with Crippen LogP contribution in [0.15, 0.2) is 51.4 Å². The van der Waals surface area contributed by atoms with Gasteiger partial charge in [0.1, 0.15) is 0 Å². The van der Waals surface area contributed by atoms with E-state index in [0.29, 0.717) is 33.8 Å². The number of rotatable bonds is 4. The summed E-state index contributed by atoms with van der Waals surface area (Å²) in [6.07, 6.45) is 0. The molecule has 4 aromatic rings. The molecular formula is C21H19N3O4S. The van der Waals surface area contributed by atoms with Gasteiger partial charge in [0.2, 0.25) is 0 Å². The normalized spacial score (nSPS) is 11.0. The Bertz CT molecular complexity index is 1340. The predicted octanol–water partition coefficient (Wildman–Crippen LogP) is 3.04. The van der Waals surface area contributed by atoms with E-state index < -0.39 is 11.2 Å². The quantitative estimate of drug-likeness (QED) is 0.518. The summed E-state index contributed by atoms with van der Waals surface area (Å²) in [5.41, 5.74) is 1.67. The van der Waals surface area contributed by atoms with Gasteiger partial charge in [-0.25, -0.2) is 9.78 Å². The van der Waals surface area contributed by atoms with E-state index in [1.54, 1.807) is 38.7 Å². The molecule has 8 heteroatoms. The Kier molecular flexibility index (Phi) is 4.71. The Morgan fingerprint density at radius 1 is 0.966 bits per heavy atom. The number of hydrogen-bond acceptors (Lipinski definition) is 6. The van der Waals surface area contributed by atoms with Crippen molar-refractivity contribution < 1.29 is 9.47 Å². The second kappa shape index (κ2) is 7.21. The summed E-state index contributed by atoms with van der Waals surface area (Å²) < 4.78 is 13.3. The summed E-state index contributed by atoms with van der Waals surface area (Å²) in [6, 6.07) is 11.2. The number of hydrogen-bond donors (Lipinski definition) is 0. The minimum absolute atomic E-state index is 0.341. The molecule has 0 bridgehead atoms. The van der Waals surface area contributed by atoms with Crippen LogP contribution in [0.3, 0.4) is 0 Å². The van der Waals surface area contributed by atoms with Crippen molar-refractivity contribution in [1.29, 1.82) is 0 Å². The van der Waals surface area contributed by atoms with E-state index in [1.165, 1.54) is 11.6 Å². The minimum Gasteiger partial charge on any atom is -0.493 e. The van der Waals surface area contributed by atoms with Crippen molar-refractivity contribution >= 4 is 22.4 Å². The summed E-state index contributed by atoms with van der Waals surface area (Å²) in [4.78, 5) is 31.1. The molecule has 29 heavy (non-hydrogen) atoms. The average molecular weight is 409 g/mol. The number of pyridine rings is 1. The first kappa shape index (κ1) is 18.9. The first-order valence-corrected chi connectivity index (χ1v) is 9.71. The highest BCUT2D eigenvalue weighted by Gasteiger charge is 2.19. The molecule has 0 N–H and O–H groups in total. The maximum Gasteiger partial charge on any atom is 0.332 e. The van der Waals surface area contributed by atoms with Crippen LogP contribution in [0, 0.1) is 0 Å². The van der Waals surface area contributed by atoms with Crippen molar-refractivity contribution in [1.82, 2.24) is 14.1 Å². The van der Waals surface area contributed by atoms with E-state index in [1.807, 2.05) is 35.7 Å². The van der Waals surface area contributed by atoms with E-state index in [4.69, 9.17) is 9.47 Å². The van der Waals surface area contributed by atoms with Crippen LogP contribution >= 0.6 is 11.3 Å². The molecule has 0 fully saturated rings. The lowest BCUT2D eigenvalue weighted by Crippen LogP contribution is -2.37. The monoisotopic (exact) mass is 409 g/mol. The molecule has 0 amide bonds. The van der Waals surface area contributed by atoms with E-state index in [-0.39, 0.29) is 0 Å². The maximum absolute atomic E-state index is 13.0. The minimum atomic E-state index is -0.420. The Morgan fingerprint density at radius 3 is 2.38 bits per heavy atom. The van der Waals surface area contributed by atoms with Crippen molar-refractivity contribution in [3.05, 3.63) is 62.6 Å². The van der Waals surface area contributed by atoms with Crippen LogP contribution in [-0.4, -0.2) is 28.3 Å². The number of methoxy groups -OCH3 is 2. The van der Waals surface area contributed by atoms with Gasteiger partial charge in [0.15, 0.2) is 17.1 Å². The third-order valence-electron chi connectivity index (χ3n) is 4.88.